The molecular weight excluding hydrogens is 731 g/mol. The molecule has 0 heterocycles. The molecule has 0 saturated carbocycles. The number of carbonyl (C=O) groups excluding carboxylic acids is 1. The van der Waals surface area contributed by atoms with Gasteiger partial charge in [-0.3, -0.25) is 4.79 Å². The molecule has 5 N–H and O–H groups in total. The molecule has 6 nitrogen and oxygen atoms in total. The Labute approximate surface area is 367 Å². The molecule has 0 saturated heterocycles. The van der Waals surface area contributed by atoms with Gasteiger partial charge < -0.3 is 25.7 Å². The highest BCUT2D eigenvalue weighted by atomic mass is 16.3. The minimum Gasteiger partial charge on any atom is -0.394 e. The Balaban J connectivity index is 3.68. The van der Waals surface area contributed by atoms with Crippen LogP contribution in [0.15, 0.2) is 24.3 Å². The SMILES string of the molecule is CCCCCCCCCCCCCC/C=C\CCCCCCCCCCCC(O)C(=O)NC(CO)C(O)C(O)CCC/C=C/CCCCCCCCCCCCCCC. The van der Waals surface area contributed by atoms with E-state index in [1.165, 1.54) is 212 Å². The molecule has 1 amide bonds. The Hall–Kier alpha value is -1.21. The molecule has 0 aliphatic heterocycles. The van der Waals surface area contributed by atoms with Crippen LogP contribution in [0.3, 0.4) is 0 Å². The van der Waals surface area contributed by atoms with Crippen LogP contribution in [0.1, 0.15) is 277 Å². The lowest BCUT2D eigenvalue weighted by atomic mass is 10.00. The summed E-state index contributed by atoms with van der Waals surface area (Å²) in [4.78, 5) is 12.6. The second-order valence-corrected chi connectivity index (χ2v) is 18.2. The fraction of sp³-hybridized carbons (Fsp3) is 0.906. The van der Waals surface area contributed by atoms with Crippen LogP contribution in [-0.4, -0.2) is 57.3 Å². The van der Waals surface area contributed by atoms with Crippen LogP contribution in [0.25, 0.3) is 0 Å². The second-order valence-electron chi connectivity index (χ2n) is 18.2. The van der Waals surface area contributed by atoms with E-state index in [-0.39, 0.29) is 0 Å². The van der Waals surface area contributed by atoms with E-state index in [0.29, 0.717) is 12.8 Å². The first-order valence-corrected chi connectivity index (χ1v) is 26.2. The van der Waals surface area contributed by atoms with E-state index in [9.17, 15) is 25.2 Å². The van der Waals surface area contributed by atoms with Crippen LogP contribution < -0.4 is 5.32 Å². The van der Waals surface area contributed by atoms with E-state index < -0.39 is 36.9 Å². The van der Waals surface area contributed by atoms with E-state index >= 15 is 0 Å². The topological polar surface area (TPSA) is 110 Å². The van der Waals surface area contributed by atoms with Crippen LogP contribution in [0.5, 0.6) is 0 Å². The number of hydrogen-bond acceptors (Lipinski definition) is 5. The van der Waals surface area contributed by atoms with Gasteiger partial charge in [0.1, 0.15) is 12.2 Å². The fourth-order valence-corrected chi connectivity index (χ4v) is 8.22. The number of nitrogens with one attached hydrogen (secondary N) is 1. The lowest BCUT2D eigenvalue weighted by Crippen LogP contribution is -2.53. The molecule has 350 valence electrons. The third kappa shape index (κ3) is 41.9. The first-order valence-electron chi connectivity index (χ1n) is 26.2. The molecule has 0 radical (unpaired) electrons. The first kappa shape index (κ1) is 57.8. The molecule has 0 aliphatic rings. The monoisotopic (exact) mass is 834 g/mol. The van der Waals surface area contributed by atoms with E-state index in [4.69, 9.17) is 0 Å². The summed E-state index contributed by atoms with van der Waals surface area (Å²) >= 11 is 0. The van der Waals surface area contributed by atoms with Crippen molar-refractivity contribution in [3.05, 3.63) is 24.3 Å². The third-order valence-corrected chi connectivity index (χ3v) is 12.4. The van der Waals surface area contributed by atoms with Crippen LogP contribution in [0, 0.1) is 0 Å². The highest BCUT2D eigenvalue weighted by Gasteiger charge is 2.28. The Morgan fingerprint density at radius 2 is 0.695 bits per heavy atom. The molecule has 4 atom stereocenters. The number of amides is 1. The summed E-state index contributed by atoms with van der Waals surface area (Å²) in [6.07, 6.45) is 56.6. The predicted octanol–water partition coefficient (Wildman–Crippen LogP) is 14.7. The van der Waals surface area contributed by atoms with E-state index in [1.54, 1.807) is 0 Å². The van der Waals surface area contributed by atoms with Gasteiger partial charge in [0.05, 0.1) is 18.8 Å². The largest absolute Gasteiger partial charge is 0.394 e. The van der Waals surface area contributed by atoms with Crippen molar-refractivity contribution in [3.63, 3.8) is 0 Å². The van der Waals surface area contributed by atoms with Crippen LogP contribution in [0.4, 0.5) is 0 Å². The minimum atomic E-state index is -1.28. The zero-order chi connectivity index (χ0) is 43.1. The maximum atomic E-state index is 12.6. The zero-order valence-electron chi connectivity index (χ0n) is 39.5. The van der Waals surface area contributed by atoms with Crippen molar-refractivity contribution >= 4 is 5.91 Å². The lowest BCUT2D eigenvalue weighted by molar-refractivity contribution is -0.132. The number of unbranched alkanes of at least 4 members (excludes halogenated alkanes) is 35. The highest BCUT2D eigenvalue weighted by molar-refractivity contribution is 5.80. The summed E-state index contributed by atoms with van der Waals surface area (Å²) in [5, 5.41) is 43.9. The van der Waals surface area contributed by atoms with Gasteiger partial charge >= 0.3 is 0 Å². The average molecular weight is 834 g/mol. The maximum Gasteiger partial charge on any atom is 0.249 e. The van der Waals surface area contributed by atoms with Crippen molar-refractivity contribution in [3.8, 4) is 0 Å². The van der Waals surface area contributed by atoms with Gasteiger partial charge in [-0.15, -0.1) is 0 Å². The number of allylic oxidation sites excluding steroid dienone is 4. The number of rotatable bonds is 48. The molecule has 6 heteroatoms. The van der Waals surface area contributed by atoms with Crippen LogP contribution in [0.2, 0.25) is 0 Å². The average Bonchev–Trinajstić information content (AvgIpc) is 3.24. The molecular formula is C53H103NO5. The van der Waals surface area contributed by atoms with Crippen LogP contribution in [-0.2, 0) is 4.79 Å². The summed E-state index contributed by atoms with van der Waals surface area (Å²) < 4.78 is 0. The van der Waals surface area contributed by atoms with E-state index in [0.717, 1.165) is 38.5 Å². The quantitative estimate of drug-likeness (QED) is 0.0310. The molecule has 59 heavy (non-hydrogen) atoms. The second kappa shape index (κ2) is 47.8. The van der Waals surface area contributed by atoms with Crippen molar-refractivity contribution in [2.45, 2.75) is 301 Å². The van der Waals surface area contributed by atoms with Gasteiger partial charge in [-0.1, -0.05) is 237 Å². The standard InChI is InChI=1S/C53H103NO5/c1-3-5-7-9-11-13-15-17-19-21-23-24-25-26-27-28-29-31-33-35-37-39-41-43-45-47-51(57)53(59)54-49(48-55)52(58)50(56)46-44-42-40-38-36-34-32-30-22-20-18-16-14-12-10-8-6-4-2/h26-27,38,40,49-52,55-58H,3-25,28-37,39,41-48H2,1-2H3,(H,54,59)/b27-26-,40-38+. The molecule has 0 aromatic heterocycles. The molecule has 0 spiro atoms. The summed E-state index contributed by atoms with van der Waals surface area (Å²) in [5.74, 6) is -0.592. The van der Waals surface area contributed by atoms with E-state index in [1.807, 2.05) is 0 Å². The minimum absolute atomic E-state index is 0.362. The number of hydrogen-bond donors (Lipinski definition) is 5. The molecule has 0 bridgehead atoms. The lowest BCUT2D eigenvalue weighted by Gasteiger charge is -2.27. The van der Waals surface area contributed by atoms with Crippen molar-refractivity contribution in [1.82, 2.24) is 5.32 Å². The molecule has 0 aromatic carbocycles. The zero-order valence-corrected chi connectivity index (χ0v) is 39.5. The van der Waals surface area contributed by atoms with Crippen molar-refractivity contribution in [2.75, 3.05) is 6.61 Å². The Morgan fingerprint density at radius 3 is 1.02 bits per heavy atom. The Bertz CT molecular complexity index is 893. The highest BCUT2D eigenvalue weighted by Crippen LogP contribution is 2.17. The van der Waals surface area contributed by atoms with Gasteiger partial charge in [0, 0.05) is 0 Å². The summed E-state index contributed by atoms with van der Waals surface area (Å²) in [6.45, 7) is 4.07. The molecule has 0 fully saturated rings. The molecule has 0 rings (SSSR count). The van der Waals surface area contributed by atoms with Gasteiger partial charge in [-0.05, 0) is 64.2 Å². The normalized spacial score (nSPS) is 14.1. The van der Waals surface area contributed by atoms with Gasteiger partial charge in [-0.2, -0.15) is 0 Å². The predicted molar refractivity (Wildman–Crippen MR) is 256 cm³/mol. The van der Waals surface area contributed by atoms with E-state index in [2.05, 4.69) is 43.5 Å². The number of aliphatic hydroxyl groups excluding tert-OH is 4. The summed E-state index contributed by atoms with van der Waals surface area (Å²) in [6, 6.07) is -1.00. The van der Waals surface area contributed by atoms with Crippen molar-refractivity contribution in [1.29, 1.82) is 0 Å². The van der Waals surface area contributed by atoms with Crippen molar-refractivity contribution < 1.29 is 25.2 Å². The smallest absolute Gasteiger partial charge is 0.249 e. The molecule has 4 unspecified atom stereocenters. The van der Waals surface area contributed by atoms with Gasteiger partial charge in [-0.25, -0.2) is 0 Å². The Kier molecular flexibility index (Phi) is 46.9. The number of aliphatic hydroxyl groups is 4. The maximum absolute atomic E-state index is 12.6. The summed E-state index contributed by atoms with van der Waals surface area (Å²) in [7, 11) is 0. The third-order valence-electron chi connectivity index (χ3n) is 12.4. The van der Waals surface area contributed by atoms with Gasteiger partial charge in [0.15, 0.2) is 0 Å². The first-order chi connectivity index (χ1) is 29.0. The molecule has 0 aliphatic carbocycles. The van der Waals surface area contributed by atoms with Gasteiger partial charge in [0.2, 0.25) is 5.91 Å². The Morgan fingerprint density at radius 1 is 0.407 bits per heavy atom. The van der Waals surface area contributed by atoms with Gasteiger partial charge in [0.25, 0.3) is 0 Å². The molecule has 0 aromatic rings. The van der Waals surface area contributed by atoms with Crippen molar-refractivity contribution in [2.24, 2.45) is 0 Å². The van der Waals surface area contributed by atoms with Crippen LogP contribution >= 0.6 is 0 Å². The summed E-state index contributed by atoms with van der Waals surface area (Å²) in [5.41, 5.74) is 0. The fourth-order valence-electron chi connectivity index (χ4n) is 8.22. The number of carbonyl (C=O) groups is 1.